The van der Waals surface area contributed by atoms with Crippen LogP contribution in [-0.4, -0.2) is 21.9 Å². The molecule has 6 heteroatoms. The van der Waals surface area contributed by atoms with Gasteiger partial charge >= 0.3 is 20.1 Å². The zero-order valence-electron chi connectivity index (χ0n) is 23.7. The molecule has 6 aromatic carbocycles. The number of hydrogen-bond donors (Lipinski definition) is 0. The van der Waals surface area contributed by atoms with Crippen LogP contribution in [0.5, 0.6) is 0 Å². The second-order valence-corrected chi connectivity index (χ2v) is 11.0. The normalized spacial score (nSPS) is 13.3. The molecule has 2 aliphatic heterocycles. The first-order valence-electron chi connectivity index (χ1n) is 14.3. The number of aromatic nitrogens is 3. The second-order valence-electron chi connectivity index (χ2n) is 11.0. The number of benzene rings is 6. The smallest absolute Gasteiger partial charge is 0.510 e. The van der Waals surface area contributed by atoms with Gasteiger partial charge in [0.2, 0.25) is 0 Å². The molecule has 0 fully saturated rings. The molecular formula is C38H24IrN5. The first-order chi connectivity index (χ1) is 21.3. The van der Waals surface area contributed by atoms with Gasteiger partial charge < -0.3 is 19.8 Å². The zero-order chi connectivity index (χ0) is 28.5. The fraction of sp³-hybridized carbons (Fsp3) is 0.0263. The predicted octanol–water partition coefficient (Wildman–Crippen LogP) is 8.53. The second kappa shape index (κ2) is 10.3. The fourth-order valence-corrected chi connectivity index (χ4v) is 6.70. The third-order valence-corrected chi connectivity index (χ3v) is 8.52. The maximum Gasteiger partial charge on any atom is 3.00 e. The van der Waals surface area contributed by atoms with Crippen molar-refractivity contribution in [1.29, 1.82) is 0 Å². The molecule has 0 radical (unpaired) electrons. The van der Waals surface area contributed by atoms with E-state index in [1.54, 1.807) is 6.33 Å². The van der Waals surface area contributed by atoms with Gasteiger partial charge in [0.25, 0.3) is 0 Å². The topological polar surface area (TPSA) is 46.4 Å². The van der Waals surface area contributed by atoms with Crippen LogP contribution in [0.2, 0.25) is 0 Å². The van der Waals surface area contributed by atoms with Crippen LogP contribution in [-0.2, 0) is 20.1 Å². The van der Waals surface area contributed by atoms with Crippen molar-refractivity contribution in [2.24, 2.45) is 0 Å². The summed E-state index contributed by atoms with van der Waals surface area (Å²) in [7, 11) is 2.05. The van der Waals surface area contributed by atoms with Crippen LogP contribution in [0.15, 0.2) is 122 Å². The van der Waals surface area contributed by atoms with Crippen molar-refractivity contribution in [3.05, 3.63) is 140 Å². The van der Waals surface area contributed by atoms with Gasteiger partial charge in [0, 0.05) is 17.3 Å². The monoisotopic (exact) mass is 743 g/mol. The maximum absolute atomic E-state index is 4.60. The van der Waals surface area contributed by atoms with Gasteiger partial charge in [-0.15, -0.1) is 5.56 Å². The van der Waals surface area contributed by atoms with E-state index in [0.717, 1.165) is 27.6 Å². The summed E-state index contributed by atoms with van der Waals surface area (Å²) < 4.78 is 0. The van der Waals surface area contributed by atoms with Crippen molar-refractivity contribution in [2.75, 3.05) is 11.9 Å². The van der Waals surface area contributed by atoms with E-state index in [-0.39, 0.29) is 20.1 Å². The Hall–Kier alpha value is -5.03. The minimum absolute atomic E-state index is 0. The average Bonchev–Trinajstić information content (AvgIpc) is 3.72. The van der Waals surface area contributed by atoms with Gasteiger partial charge in [-0.3, -0.25) is 4.98 Å². The minimum atomic E-state index is 0. The van der Waals surface area contributed by atoms with E-state index in [9.17, 15) is 0 Å². The SMILES string of the molecule is CN1C=C2c3ccccc3-c3ccc[c-]c3N2[CH-]1.[Ir+3].c1ccc2c(c1)ccc1ccc3c4cccnc4c4[n-]cnc4c3c12. The van der Waals surface area contributed by atoms with Gasteiger partial charge in [0.05, 0.1) is 5.52 Å². The Bertz CT molecular complexity index is 2430. The Kier molecular flexibility index (Phi) is 6.23. The molecule has 8 aromatic rings. The molecule has 2 aromatic heterocycles. The van der Waals surface area contributed by atoms with Gasteiger partial charge in [-0.2, -0.15) is 30.9 Å². The summed E-state index contributed by atoms with van der Waals surface area (Å²) in [5, 5.41) is 8.42. The summed E-state index contributed by atoms with van der Waals surface area (Å²) in [5.41, 5.74) is 8.90. The van der Waals surface area contributed by atoms with Crippen molar-refractivity contribution < 1.29 is 20.1 Å². The van der Waals surface area contributed by atoms with Crippen molar-refractivity contribution in [3.8, 4) is 11.1 Å². The van der Waals surface area contributed by atoms with Crippen molar-refractivity contribution >= 4 is 65.6 Å². The predicted molar refractivity (Wildman–Crippen MR) is 176 cm³/mol. The van der Waals surface area contributed by atoms with Crippen molar-refractivity contribution in [1.82, 2.24) is 19.9 Å². The Morgan fingerprint density at radius 1 is 0.682 bits per heavy atom. The standard InChI is InChI=1S/C22H12N3.C16H12N2.Ir/c1-2-5-15-13(4-1)7-8-14-9-10-16-17-6-3-11-23-20(17)22-21(24-12-25-22)19(16)18(14)15;1-17-10-16-14-8-3-2-6-12(14)13-7-4-5-9-15(13)18(16)11-17;/h1-12H;2-8,10-11H,1H3;/q-1;-2;+3. The molecule has 0 bridgehead atoms. The van der Waals surface area contributed by atoms with Crippen molar-refractivity contribution in [3.63, 3.8) is 0 Å². The summed E-state index contributed by atoms with van der Waals surface area (Å²) in [6.45, 7) is 2.10. The molecule has 0 atom stereocenters. The summed E-state index contributed by atoms with van der Waals surface area (Å²) in [6, 6.07) is 39.4. The van der Waals surface area contributed by atoms with Gasteiger partial charge in [0.15, 0.2) is 0 Å². The van der Waals surface area contributed by atoms with Gasteiger partial charge in [-0.25, -0.2) is 0 Å². The summed E-state index contributed by atoms with van der Waals surface area (Å²) >= 11 is 0. The first-order valence-corrected chi connectivity index (χ1v) is 14.3. The van der Waals surface area contributed by atoms with Crippen LogP contribution >= 0.6 is 0 Å². The number of imidazole rings is 1. The molecule has 5 nitrogen and oxygen atoms in total. The first kappa shape index (κ1) is 26.6. The quantitative estimate of drug-likeness (QED) is 0.115. The van der Waals surface area contributed by atoms with Crippen LogP contribution in [0, 0.1) is 12.7 Å². The molecule has 0 spiro atoms. The molecule has 2 aliphatic rings. The Labute approximate surface area is 267 Å². The van der Waals surface area contributed by atoms with E-state index in [1.807, 2.05) is 24.4 Å². The molecule has 0 aliphatic carbocycles. The molecule has 210 valence electrons. The number of pyridine rings is 1. The molecular weight excluding hydrogens is 719 g/mol. The van der Waals surface area contributed by atoms with Crippen molar-refractivity contribution in [2.45, 2.75) is 0 Å². The van der Waals surface area contributed by atoms with Gasteiger partial charge in [-0.05, 0) is 68.2 Å². The number of rotatable bonds is 0. The molecule has 0 saturated carbocycles. The van der Waals surface area contributed by atoms with Crippen LogP contribution in [0.4, 0.5) is 5.69 Å². The molecule has 0 amide bonds. The van der Waals surface area contributed by atoms with E-state index in [2.05, 4.69) is 136 Å². The third-order valence-electron chi connectivity index (χ3n) is 8.52. The number of hydrogen-bond acceptors (Lipinski definition) is 4. The van der Waals surface area contributed by atoms with E-state index in [1.165, 1.54) is 54.7 Å². The third kappa shape index (κ3) is 3.88. The van der Waals surface area contributed by atoms with E-state index < -0.39 is 0 Å². The Morgan fingerprint density at radius 2 is 1.45 bits per heavy atom. The zero-order valence-corrected chi connectivity index (χ0v) is 26.1. The maximum atomic E-state index is 4.60. The van der Waals surface area contributed by atoms with Gasteiger partial charge in [-0.1, -0.05) is 96.4 Å². The van der Waals surface area contributed by atoms with Gasteiger partial charge in [0.1, 0.15) is 0 Å². The van der Waals surface area contributed by atoms with Crippen LogP contribution in [0.25, 0.3) is 71.1 Å². The number of para-hydroxylation sites is 1. The minimum Gasteiger partial charge on any atom is -0.510 e. The summed E-state index contributed by atoms with van der Waals surface area (Å²) in [5.74, 6) is 0. The van der Waals surface area contributed by atoms with E-state index in [0.29, 0.717) is 0 Å². The van der Waals surface area contributed by atoms with E-state index in [4.69, 9.17) is 0 Å². The molecule has 10 rings (SSSR count). The molecule has 0 saturated heterocycles. The summed E-state index contributed by atoms with van der Waals surface area (Å²) in [6.07, 6.45) is 5.61. The van der Waals surface area contributed by atoms with Crippen LogP contribution in [0.1, 0.15) is 5.56 Å². The summed E-state index contributed by atoms with van der Waals surface area (Å²) in [4.78, 5) is 18.0. The number of fused-ring (bicyclic) bond motifs is 16. The van der Waals surface area contributed by atoms with E-state index >= 15 is 0 Å². The molecule has 4 heterocycles. The molecule has 0 N–H and O–H groups in total. The molecule has 0 unspecified atom stereocenters. The Morgan fingerprint density at radius 3 is 2.39 bits per heavy atom. The Balaban J connectivity index is 0.000000135. The van der Waals surface area contributed by atoms with Crippen LogP contribution < -0.4 is 9.88 Å². The average molecular weight is 743 g/mol. The largest absolute Gasteiger partial charge is 3.00 e. The van der Waals surface area contributed by atoms with Crippen LogP contribution in [0.3, 0.4) is 0 Å². The fourth-order valence-electron chi connectivity index (χ4n) is 6.70. The number of nitrogens with zero attached hydrogens (tertiary/aromatic N) is 5. The number of anilines is 1. The molecule has 44 heavy (non-hydrogen) atoms.